The van der Waals surface area contributed by atoms with E-state index in [4.69, 9.17) is 9.97 Å². The molecule has 1 aliphatic heterocycles. The fourth-order valence-electron chi connectivity index (χ4n) is 4.25. The fourth-order valence-corrected chi connectivity index (χ4v) is 6.17. The monoisotopic (exact) mass is 443 g/mol. The van der Waals surface area contributed by atoms with E-state index < -0.39 is 0 Å². The Morgan fingerprint density at radius 1 is 0.806 bits per heavy atom. The average Bonchev–Trinajstić information content (AvgIpc) is 3.37. The van der Waals surface area contributed by atoms with Gasteiger partial charge >= 0.3 is 0 Å². The van der Waals surface area contributed by atoms with E-state index in [1.54, 1.807) is 29.0 Å². The molecule has 0 N–H and O–H groups in total. The summed E-state index contributed by atoms with van der Waals surface area (Å²) in [6, 6.07) is 18.9. The highest BCUT2D eigenvalue weighted by molar-refractivity contribution is 7.22. The summed E-state index contributed by atoms with van der Waals surface area (Å²) >= 11 is 3.48. The maximum absolute atomic E-state index is 4.87. The summed E-state index contributed by atoms with van der Waals surface area (Å²) in [6.45, 7) is 3.86. The Labute approximate surface area is 188 Å². The summed E-state index contributed by atoms with van der Waals surface area (Å²) < 4.78 is 1.25. The maximum Gasteiger partial charge on any atom is 0.186 e. The molecular weight excluding hydrogens is 422 g/mol. The van der Waals surface area contributed by atoms with Gasteiger partial charge in [0.15, 0.2) is 5.13 Å². The third kappa shape index (κ3) is 3.43. The zero-order chi connectivity index (χ0) is 20.6. The first kappa shape index (κ1) is 18.7. The highest BCUT2D eigenvalue weighted by atomic mass is 32.1. The number of hydrogen-bond donors (Lipinski definition) is 0. The Bertz CT molecular complexity index is 1310. The first-order chi connectivity index (χ1) is 15.4. The van der Waals surface area contributed by atoms with Crippen LogP contribution in [0.2, 0.25) is 0 Å². The molecule has 7 heteroatoms. The molecule has 0 radical (unpaired) electrons. The van der Waals surface area contributed by atoms with Crippen LogP contribution in [-0.2, 0) is 0 Å². The minimum Gasteiger partial charge on any atom is -0.354 e. The molecule has 6 rings (SSSR count). The molecular formula is C24H21N5S2. The Balaban J connectivity index is 1.32. The Kier molecular flexibility index (Phi) is 4.77. The van der Waals surface area contributed by atoms with Crippen molar-refractivity contribution >= 4 is 54.1 Å². The van der Waals surface area contributed by atoms with Crippen molar-refractivity contribution in [3.05, 3.63) is 66.3 Å². The van der Waals surface area contributed by atoms with E-state index in [0.29, 0.717) is 0 Å². The second-order valence-electron chi connectivity index (χ2n) is 7.68. The standard InChI is InChI=1S/C24H21N5S2/c1-2-7-17(8-3-1)18-15-30-23-21(18)22(25-16-26-23)28-11-6-12-29(14-13-28)24-27-19-9-4-5-10-20(19)31-24/h1-5,7-10,15-16H,6,11-14H2. The molecule has 0 saturated carbocycles. The molecule has 2 aromatic carbocycles. The van der Waals surface area contributed by atoms with Gasteiger partial charge in [0.1, 0.15) is 17.0 Å². The second-order valence-corrected chi connectivity index (χ2v) is 9.55. The number of anilines is 2. The van der Waals surface area contributed by atoms with Crippen molar-refractivity contribution in [3.8, 4) is 11.1 Å². The third-order valence-corrected chi connectivity index (χ3v) is 7.77. The zero-order valence-corrected chi connectivity index (χ0v) is 18.6. The van der Waals surface area contributed by atoms with Crippen molar-refractivity contribution in [2.75, 3.05) is 36.0 Å². The number of thiophene rings is 1. The van der Waals surface area contributed by atoms with Crippen LogP contribution in [0.1, 0.15) is 6.42 Å². The van der Waals surface area contributed by atoms with E-state index >= 15 is 0 Å². The summed E-state index contributed by atoms with van der Waals surface area (Å²) in [5.41, 5.74) is 3.53. The maximum atomic E-state index is 4.87. The van der Waals surface area contributed by atoms with Gasteiger partial charge in [-0.25, -0.2) is 15.0 Å². The lowest BCUT2D eigenvalue weighted by molar-refractivity contribution is 0.799. The van der Waals surface area contributed by atoms with Crippen LogP contribution in [-0.4, -0.2) is 41.1 Å². The molecule has 0 bridgehead atoms. The highest BCUT2D eigenvalue weighted by Crippen LogP contribution is 2.38. The quantitative estimate of drug-likeness (QED) is 0.359. The van der Waals surface area contributed by atoms with Gasteiger partial charge in [0.05, 0.1) is 15.6 Å². The Hall–Kier alpha value is -3.03. The first-order valence-corrected chi connectivity index (χ1v) is 12.2. The Morgan fingerprint density at radius 3 is 2.52 bits per heavy atom. The largest absolute Gasteiger partial charge is 0.354 e. The van der Waals surface area contributed by atoms with Crippen LogP contribution in [0.5, 0.6) is 0 Å². The molecule has 0 atom stereocenters. The van der Waals surface area contributed by atoms with Crippen molar-refractivity contribution in [2.45, 2.75) is 6.42 Å². The second kappa shape index (κ2) is 7.90. The lowest BCUT2D eigenvalue weighted by atomic mass is 10.1. The topological polar surface area (TPSA) is 45.2 Å². The van der Waals surface area contributed by atoms with Gasteiger partial charge < -0.3 is 9.80 Å². The smallest absolute Gasteiger partial charge is 0.186 e. The van der Waals surface area contributed by atoms with Gasteiger partial charge in [0.2, 0.25) is 0 Å². The van der Waals surface area contributed by atoms with E-state index in [0.717, 1.165) is 53.9 Å². The van der Waals surface area contributed by atoms with Crippen LogP contribution < -0.4 is 9.80 Å². The van der Waals surface area contributed by atoms with Gasteiger partial charge in [-0.05, 0) is 24.1 Å². The molecule has 31 heavy (non-hydrogen) atoms. The molecule has 1 saturated heterocycles. The third-order valence-electron chi connectivity index (χ3n) is 5.78. The predicted molar refractivity (Wildman–Crippen MR) is 132 cm³/mol. The van der Waals surface area contributed by atoms with Crippen LogP contribution in [0.15, 0.2) is 66.3 Å². The normalized spacial score (nSPS) is 15.0. The van der Waals surface area contributed by atoms with E-state index in [2.05, 4.69) is 74.8 Å². The van der Waals surface area contributed by atoms with Crippen LogP contribution in [0.3, 0.4) is 0 Å². The average molecular weight is 444 g/mol. The van der Waals surface area contributed by atoms with E-state index in [-0.39, 0.29) is 0 Å². The van der Waals surface area contributed by atoms with E-state index in [9.17, 15) is 0 Å². The molecule has 0 unspecified atom stereocenters. The molecule has 5 nitrogen and oxygen atoms in total. The molecule has 3 aromatic heterocycles. The van der Waals surface area contributed by atoms with Crippen LogP contribution in [0.25, 0.3) is 31.6 Å². The van der Waals surface area contributed by atoms with Crippen molar-refractivity contribution in [1.29, 1.82) is 0 Å². The number of para-hydroxylation sites is 1. The van der Waals surface area contributed by atoms with Crippen LogP contribution >= 0.6 is 22.7 Å². The molecule has 1 aliphatic rings. The zero-order valence-electron chi connectivity index (χ0n) is 16.9. The predicted octanol–water partition coefficient (Wildman–Crippen LogP) is 5.68. The number of nitrogens with zero attached hydrogens (tertiary/aromatic N) is 5. The van der Waals surface area contributed by atoms with Gasteiger partial charge in [-0.2, -0.15) is 0 Å². The molecule has 0 spiro atoms. The van der Waals surface area contributed by atoms with Gasteiger partial charge in [-0.3, -0.25) is 0 Å². The number of aromatic nitrogens is 3. The molecule has 5 aromatic rings. The molecule has 1 fully saturated rings. The van der Waals surface area contributed by atoms with Crippen molar-refractivity contribution in [2.24, 2.45) is 0 Å². The fraction of sp³-hybridized carbons (Fsp3) is 0.208. The minimum absolute atomic E-state index is 0.923. The summed E-state index contributed by atoms with van der Waals surface area (Å²) in [4.78, 5) is 20.1. The minimum atomic E-state index is 0.923. The van der Waals surface area contributed by atoms with Gasteiger partial charge in [0, 0.05) is 37.1 Å². The lowest BCUT2D eigenvalue weighted by Gasteiger charge is -2.23. The summed E-state index contributed by atoms with van der Waals surface area (Å²) in [5.74, 6) is 1.05. The van der Waals surface area contributed by atoms with Crippen molar-refractivity contribution in [3.63, 3.8) is 0 Å². The van der Waals surface area contributed by atoms with Gasteiger partial charge in [-0.15, -0.1) is 11.3 Å². The van der Waals surface area contributed by atoms with Crippen LogP contribution in [0, 0.1) is 0 Å². The number of fused-ring (bicyclic) bond motifs is 2. The van der Waals surface area contributed by atoms with Gasteiger partial charge in [-0.1, -0.05) is 53.8 Å². The number of thiazole rings is 1. The summed E-state index contributed by atoms with van der Waals surface area (Å²) in [7, 11) is 0. The molecule has 0 amide bonds. The number of hydrogen-bond acceptors (Lipinski definition) is 7. The Morgan fingerprint density at radius 2 is 1.61 bits per heavy atom. The van der Waals surface area contributed by atoms with E-state index in [1.807, 2.05) is 0 Å². The highest BCUT2D eigenvalue weighted by Gasteiger charge is 2.22. The first-order valence-electron chi connectivity index (χ1n) is 10.5. The molecule has 0 aliphatic carbocycles. The molecule has 4 heterocycles. The number of rotatable bonds is 3. The summed E-state index contributed by atoms with van der Waals surface area (Å²) in [5, 5.41) is 4.51. The van der Waals surface area contributed by atoms with Crippen LogP contribution in [0.4, 0.5) is 10.9 Å². The SMILES string of the molecule is c1ccc(-c2csc3ncnc(N4CCCN(c5nc6ccccc6s5)CC4)c23)cc1. The van der Waals surface area contributed by atoms with Crippen molar-refractivity contribution in [1.82, 2.24) is 15.0 Å². The van der Waals surface area contributed by atoms with Crippen molar-refractivity contribution < 1.29 is 0 Å². The molecule has 154 valence electrons. The van der Waals surface area contributed by atoms with E-state index in [1.165, 1.54) is 21.2 Å². The summed E-state index contributed by atoms with van der Waals surface area (Å²) in [6.07, 6.45) is 2.78. The van der Waals surface area contributed by atoms with Gasteiger partial charge in [0.25, 0.3) is 0 Å². The number of benzene rings is 2. The lowest BCUT2D eigenvalue weighted by Crippen LogP contribution is -2.31.